The molecule has 0 aliphatic carbocycles. The van der Waals surface area contributed by atoms with Crippen LogP contribution in [0.4, 0.5) is 0 Å². The number of unbranched alkanes of at least 4 members (excludes halogenated alkanes) is 14. The number of phosphoric acid groups is 1. The summed E-state index contributed by atoms with van der Waals surface area (Å²) in [5.41, 5.74) is 0. The Morgan fingerprint density at radius 2 is 0.689 bits per heavy atom. The lowest BCUT2D eigenvalue weighted by Gasteiger charge is -2.21. The third-order valence-corrected chi connectivity index (χ3v) is 12.3. The van der Waals surface area contributed by atoms with Crippen molar-refractivity contribution in [1.29, 1.82) is 0 Å². The van der Waals surface area contributed by atoms with E-state index in [9.17, 15) is 28.9 Å². The fourth-order valence-corrected chi connectivity index (χ4v) is 7.95. The van der Waals surface area contributed by atoms with Crippen LogP contribution in [0.2, 0.25) is 0 Å². The average molecular weight is 1050 g/mol. The molecule has 0 saturated carbocycles. The Morgan fingerprint density at radius 3 is 1.07 bits per heavy atom. The Morgan fingerprint density at radius 1 is 0.378 bits per heavy atom. The van der Waals surface area contributed by atoms with E-state index in [0.717, 1.165) is 148 Å². The monoisotopic (exact) mass is 1050 g/mol. The van der Waals surface area contributed by atoms with E-state index in [1.807, 2.05) is 12.2 Å². The van der Waals surface area contributed by atoms with E-state index in [0.29, 0.717) is 19.3 Å². The molecule has 0 bridgehead atoms. The maximum absolute atomic E-state index is 12.9. The zero-order valence-corrected chi connectivity index (χ0v) is 47.2. The minimum Gasteiger partial charge on any atom is -0.462 e. The Bertz CT molecular complexity index is 1700. The first-order valence-electron chi connectivity index (χ1n) is 28.4. The molecule has 0 amide bonds. The van der Waals surface area contributed by atoms with Gasteiger partial charge in [-0.3, -0.25) is 23.4 Å². The van der Waals surface area contributed by atoms with Crippen molar-refractivity contribution >= 4 is 25.7 Å². The van der Waals surface area contributed by atoms with Gasteiger partial charge >= 0.3 is 25.7 Å². The van der Waals surface area contributed by atoms with Crippen molar-refractivity contribution in [2.24, 2.45) is 0 Å². The van der Waals surface area contributed by atoms with Gasteiger partial charge in [-0.25, -0.2) is 4.57 Å². The van der Waals surface area contributed by atoms with Gasteiger partial charge in [0.05, 0.1) is 19.8 Å². The van der Waals surface area contributed by atoms with Crippen LogP contribution < -0.4 is 0 Å². The summed E-state index contributed by atoms with van der Waals surface area (Å²) in [5, 5.41) is 9.82. The van der Waals surface area contributed by atoms with Crippen LogP contribution in [0.1, 0.15) is 213 Å². The van der Waals surface area contributed by atoms with E-state index >= 15 is 0 Å². The van der Waals surface area contributed by atoms with Crippen molar-refractivity contribution in [1.82, 2.24) is 0 Å². The SMILES string of the molecule is CC/C=C\C/C=C\C/C=C\C/C=C\CCC(=O)OCC(COP(=O)(O)OCC(CO)OC(=O)CCCCCCCCC/C=C\C/C=C\C/C=C\CC)OC(=O)CCCCCCCCC/C=C\C/C=C\C/C=C\CC. The minimum atomic E-state index is -4.78. The molecule has 74 heavy (non-hydrogen) atoms. The highest BCUT2D eigenvalue weighted by Gasteiger charge is 2.28. The lowest BCUT2D eigenvalue weighted by Crippen LogP contribution is -2.30. The molecule has 2 N–H and O–H groups in total. The topological polar surface area (TPSA) is 155 Å². The molecule has 0 aromatic heterocycles. The minimum absolute atomic E-state index is 0.0967. The number of aliphatic hydroxyl groups excluding tert-OH is 1. The van der Waals surface area contributed by atoms with Gasteiger partial charge in [0.15, 0.2) is 6.10 Å². The molecular weight excluding hydrogens is 952 g/mol. The molecule has 0 heterocycles. The number of esters is 3. The zero-order valence-electron chi connectivity index (χ0n) is 46.3. The van der Waals surface area contributed by atoms with Gasteiger partial charge in [-0.2, -0.15) is 0 Å². The molecule has 0 aliphatic heterocycles. The van der Waals surface area contributed by atoms with Gasteiger partial charge in [-0.1, -0.05) is 206 Å². The number of rotatable bonds is 51. The molecule has 3 atom stereocenters. The molecule has 0 aromatic rings. The van der Waals surface area contributed by atoms with Crippen molar-refractivity contribution in [3.8, 4) is 0 Å². The summed E-state index contributed by atoms with van der Waals surface area (Å²) in [6, 6.07) is 0. The number of carbonyl (C=O) groups is 3. The molecule has 0 aliphatic rings. The Hall–Kier alpha value is -4.12. The molecule has 0 saturated heterocycles. The molecule has 0 spiro atoms. The molecule has 0 radical (unpaired) electrons. The molecule has 12 heteroatoms. The molecular formula is C62H101O11P. The van der Waals surface area contributed by atoms with Crippen LogP contribution in [0.3, 0.4) is 0 Å². The van der Waals surface area contributed by atoms with Gasteiger partial charge in [-0.05, 0) is 109 Å². The Kier molecular flexibility index (Phi) is 52.1. The molecule has 11 nitrogen and oxygen atoms in total. The Balaban J connectivity index is 4.79. The maximum atomic E-state index is 12.9. The summed E-state index contributed by atoms with van der Waals surface area (Å²) in [7, 11) is -4.78. The third kappa shape index (κ3) is 52.7. The molecule has 3 unspecified atom stereocenters. The number of carbonyl (C=O) groups excluding carboxylic acids is 3. The first kappa shape index (κ1) is 69.9. The quantitative estimate of drug-likeness (QED) is 0.0197. The van der Waals surface area contributed by atoms with Crippen molar-refractivity contribution in [2.45, 2.75) is 226 Å². The number of ether oxygens (including phenoxy) is 3. The van der Waals surface area contributed by atoms with Gasteiger partial charge in [-0.15, -0.1) is 0 Å². The smallest absolute Gasteiger partial charge is 0.462 e. The van der Waals surface area contributed by atoms with Crippen LogP contribution in [0.15, 0.2) is 122 Å². The fourth-order valence-electron chi connectivity index (χ4n) is 7.16. The fraction of sp³-hybridized carbons (Fsp3) is 0.629. The maximum Gasteiger partial charge on any atom is 0.472 e. The van der Waals surface area contributed by atoms with Crippen molar-refractivity contribution < 1.29 is 52.2 Å². The van der Waals surface area contributed by atoms with Gasteiger partial charge < -0.3 is 24.2 Å². The van der Waals surface area contributed by atoms with Gasteiger partial charge in [0.1, 0.15) is 12.7 Å². The molecule has 420 valence electrons. The number of allylic oxidation sites excluding steroid dienone is 20. The predicted molar refractivity (Wildman–Crippen MR) is 306 cm³/mol. The van der Waals surface area contributed by atoms with E-state index in [2.05, 4.69) is 130 Å². The number of phosphoric ester groups is 1. The summed E-state index contributed by atoms with van der Waals surface area (Å²) < 4.78 is 39.4. The van der Waals surface area contributed by atoms with Crippen LogP contribution in [0.25, 0.3) is 0 Å². The van der Waals surface area contributed by atoms with E-state index in [4.69, 9.17) is 23.3 Å². The van der Waals surface area contributed by atoms with E-state index in [1.54, 1.807) is 0 Å². The molecule has 0 aromatic carbocycles. The largest absolute Gasteiger partial charge is 0.472 e. The highest BCUT2D eigenvalue weighted by Crippen LogP contribution is 2.43. The van der Waals surface area contributed by atoms with Crippen LogP contribution in [-0.2, 0) is 42.2 Å². The number of hydrogen-bond donors (Lipinski definition) is 2. The average Bonchev–Trinajstić information content (AvgIpc) is 3.39. The summed E-state index contributed by atoms with van der Waals surface area (Å²) in [6.07, 6.45) is 67.4. The lowest BCUT2D eigenvalue weighted by molar-refractivity contribution is -0.161. The number of aliphatic hydroxyl groups is 1. The van der Waals surface area contributed by atoms with Crippen LogP contribution in [0, 0.1) is 0 Å². The highest BCUT2D eigenvalue weighted by atomic mass is 31.2. The molecule has 0 rings (SSSR count). The van der Waals surface area contributed by atoms with Gasteiger partial charge in [0.2, 0.25) is 0 Å². The predicted octanol–water partition coefficient (Wildman–Crippen LogP) is 16.8. The van der Waals surface area contributed by atoms with E-state index in [-0.39, 0.29) is 25.9 Å². The van der Waals surface area contributed by atoms with Crippen LogP contribution in [0.5, 0.6) is 0 Å². The first-order valence-corrected chi connectivity index (χ1v) is 29.9. The standard InChI is InChI=1S/C62H101O11P/c1-4-7-10-13-16-19-22-25-27-29-31-34-37-40-43-46-49-52-61(65)72-58(54-63)56-70-74(67,68)71-57-59(55-69-60(64)51-48-45-42-39-36-33-24-21-18-15-12-9-6-3)73-62(66)53-50-47-44-41-38-35-32-30-28-26-23-20-17-14-11-8-5-2/h7-12,16-21,25-28,33,36,42,45,58-59,63H,4-6,13-15,22-24,29-32,34-35,37-41,43-44,46-57H2,1-3H3,(H,67,68)/b10-7-,11-8-,12-9-,19-16-,20-17-,21-18-,27-25-,28-26-,36-33-,45-42-. The normalized spacial score (nSPS) is 14.3. The number of hydrogen-bond acceptors (Lipinski definition) is 10. The third-order valence-electron chi connectivity index (χ3n) is 11.4. The first-order chi connectivity index (χ1) is 36.2. The summed E-state index contributed by atoms with van der Waals surface area (Å²) >= 11 is 0. The van der Waals surface area contributed by atoms with Crippen LogP contribution in [-0.4, -0.2) is 66.5 Å². The van der Waals surface area contributed by atoms with Gasteiger partial charge in [0.25, 0.3) is 0 Å². The summed E-state index contributed by atoms with van der Waals surface area (Å²) in [4.78, 5) is 48.5. The summed E-state index contributed by atoms with van der Waals surface area (Å²) in [6.45, 7) is 4.19. The second-order valence-electron chi connectivity index (χ2n) is 18.3. The molecule has 0 fully saturated rings. The van der Waals surface area contributed by atoms with Crippen molar-refractivity contribution in [3.05, 3.63) is 122 Å². The Labute approximate surface area is 449 Å². The zero-order chi connectivity index (χ0) is 54.1. The van der Waals surface area contributed by atoms with Crippen LogP contribution >= 0.6 is 7.82 Å². The lowest BCUT2D eigenvalue weighted by atomic mass is 10.1. The second-order valence-corrected chi connectivity index (χ2v) is 19.8. The van der Waals surface area contributed by atoms with E-state index < -0.39 is 57.8 Å². The second kappa shape index (κ2) is 55.1. The highest BCUT2D eigenvalue weighted by molar-refractivity contribution is 7.47. The van der Waals surface area contributed by atoms with Gasteiger partial charge in [0, 0.05) is 19.3 Å². The van der Waals surface area contributed by atoms with Crippen molar-refractivity contribution in [3.63, 3.8) is 0 Å². The summed E-state index contributed by atoms with van der Waals surface area (Å²) in [5.74, 6) is -1.60. The van der Waals surface area contributed by atoms with E-state index in [1.165, 1.54) is 6.42 Å². The van der Waals surface area contributed by atoms with Crippen molar-refractivity contribution in [2.75, 3.05) is 26.4 Å².